The van der Waals surface area contributed by atoms with E-state index in [1.165, 1.54) is 0 Å². The number of aliphatic hydroxyl groups is 2. The quantitative estimate of drug-likeness (QED) is 0.603. The van der Waals surface area contributed by atoms with Gasteiger partial charge < -0.3 is 25.4 Å². The molecule has 0 aliphatic carbocycles. The lowest BCUT2D eigenvalue weighted by atomic mass is 10.2. The molecule has 0 bridgehead atoms. The number of aliphatic hydroxyl groups excluding tert-OH is 2. The molecule has 0 heterocycles. The minimum absolute atomic E-state index is 0.330. The van der Waals surface area contributed by atoms with E-state index in [0.717, 1.165) is 5.56 Å². The van der Waals surface area contributed by atoms with Crippen LogP contribution < -0.4 is 10.1 Å². The summed E-state index contributed by atoms with van der Waals surface area (Å²) in [6.45, 7) is 5.98. The minimum Gasteiger partial charge on any atom is -0.482 e. The van der Waals surface area contributed by atoms with Gasteiger partial charge in [-0.05, 0) is 44.5 Å². The Morgan fingerprint density at radius 1 is 1.27 bits per heavy atom. The number of rotatable bonds is 7. The van der Waals surface area contributed by atoms with Crippen LogP contribution in [0.5, 0.6) is 5.75 Å². The van der Waals surface area contributed by atoms with Crippen LogP contribution in [0.3, 0.4) is 0 Å². The summed E-state index contributed by atoms with van der Waals surface area (Å²) in [5, 5.41) is 29.3. The summed E-state index contributed by atoms with van der Waals surface area (Å²) >= 11 is 5.71. The van der Waals surface area contributed by atoms with Gasteiger partial charge in [0.25, 0.3) is 0 Å². The summed E-state index contributed by atoms with van der Waals surface area (Å²) in [6.07, 6.45) is -0.660. The van der Waals surface area contributed by atoms with Crippen molar-refractivity contribution in [3.63, 3.8) is 0 Å². The molecule has 0 radical (unpaired) electrons. The molecule has 7 heteroatoms. The second kappa shape index (κ2) is 11.3. The number of carboxylic acids is 1. The molecule has 0 saturated heterocycles. The van der Waals surface area contributed by atoms with Crippen molar-refractivity contribution in [3.8, 4) is 5.75 Å². The van der Waals surface area contributed by atoms with Gasteiger partial charge in [-0.2, -0.15) is 0 Å². The maximum absolute atomic E-state index is 10.2. The Kier molecular flexibility index (Phi) is 10.6. The molecule has 126 valence electrons. The fraction of sp³-hybridized carbons (Fsp3) is 0.533. The van der Waals surface area contributed by atoms with Crippen molar-refractivity contribution in [2.45, 2.75) is 33.0 Å². The molecule has 22 heavy (non-hydrogen) atoms. The standard InChI is InChI=1S/C9H9ClO3.C6H15NO2/c1-6-4-7(10)2-3-8(6)13-5-9(11)12;1-5(8)3-7-4-6(2)9/h2-4H,5H2,1H3,(H,11,12);5-9H,3-4H2,1-2H3. The fourth-order valence-electron chi connectivity index (χ4n) is 1.42. The first-order chi connectivity index (χ1) is 10.2. The lowest BCUT2D eigenvalue weighted by molar-refractivity contribution is -0.139. The van der Waals surface area contributed by atoms with E-state index >= 15 is 0 Å². The predicted octanol–water partition coefficient (Wildman–Crippen LogP) is 1.45. The maximum Gasteiger partial charge on any atom is 0.341 e. The number of carbonyl (C=O) groups is 1. The predicted molar refractivity (Wildman–Crippen MR) is 85.6 cm³/mol. The number of ether oxygens (including phenoxy) is 1. The Hall–Kier alpha value is -1.34. The monoisotopic (exact) mass is 333 g/mol. The highest BCUT2D eigenvalue weighted by molar-refractivity contribution is 6.30. The molecule has 0 aromatic heterocycles. The number of aliphatic carboxylic acids is 1. The molecule has 4 N–H and O–H groups in total. The van der Waals surface area contributed by atoms with Gasteiger partial charge in [0.05, 0.1) is 12.2 Å². The van der Waals surface area contributed by atoms with Crippen LogP contribution >= 0.6 is 11.6 Å². The van der Waals surface area contributed by atoms with Crippen LogP contribution in [0.4, 0.5) is 0 Å². The number of hydrogen-bond acceptors (Lipinski definition) is 5. The smallest absolute Gasteiger partial charge is 0.341 e. The molecule has 1 rings (SSSR count). The van der Waals surface area contributed by atoms with Gasteiger partial charge in [-0.3, -0.25) is 0 Å². The Bertz CT molecular complexity index is 444. The van der Waals surface area contributed by atoms with Crippen LogP contribution in [0.2, 0.25) is 5.02 Å². The number of hydrogen-bond donors (Lipinski definition) is 4. The maximum atomic E-state index is 10.2. The van der Waals surface area contributed by atoms with E-state index in [2.05, 4.69) is 5.32 Å². The average Bonchev–Trinajstić information content (AvgIpc) is 2.37. The van der Waals surface area contributed by atoms with Gasteiger partial charge in [0.2, 0.25) is 0 Å². The SMILES string of the molecule is CC(O)CNCC(C)O.Cc1cc(Cl)ccc1OCC(=O)O. The molecule has 0 fully saturated rings. The first-order valence-electron chi connectivity index (χ1n) is 6.90. The van der Waals surface area contributed by atoms with E-state index in [1.807, 2.05) is 6.92 Å². The minimum atomic E-state index is -0.991. The van der Waals surface area contributed by atoms with E-state index < -0.39 is 5.97 Å². The summed E-state index contributed by atoms with van der Waals surface area (Å²) in [7, 11) is 0. The van der Waals surface area contributed by atoms with E-state index in [-0.39, 0.29) is 18.8 Å². The summed E-state index contributed by atoms with van der Waals surface area (Å²) < 4.78 is 5.00. The second-order valence-electron chi connectivity index (χ2n) is 4.95. The van der Waals surface area contributed by atoms with Gasteiger partial charge in [-0.25, -0.2) is 4.79 Å². The Morgan fingerprint density at radius 3 is 2.23 bits per heavy atom. The zero-order chi connectivity index (χ0) is 17.1. The molecule has 0 spiro atoms. The van der Waals surface area contributed by atoms with E-state index in [0.29, 0.717) is 23.9 Å². The third-order valence-electron chi connectivity index (χ3n) is 2.37. The highest BCUT2D eigenvalue weighted by Crippen LogP contribution is 2.21. The highest BCUT2D eigenvalue weighted by Gasteiger charge is 2.02. The van der Waals surface area contributed by atoms with Crippen LogP contribution in [-0.2, 0) is 4.79 Å². The normalized spacial score (nSPS) is 12.8. The molecule has 6 nitrogen and oxygen atoms in total. The summed E-state index contributed by atoms with van der Waals surface area (Å²) in [5.74, 6) is -0.443. The molecular formula is C15H24ClNO5. The number of nitrogens with one attached hydrogen (secondary N) is 1. The van der Waals surface area contributed by atoms with Crippen LogP contribution in [-0.4, -0.2) is 53.2 Å². The van der Waals surface area contributed by atoms with Gasteiger partial charge in [-0.15, -0.1) is 0 Å². The molecule has 0 aliphatic heterocycles. The van der Waals surface area contributed by atoms with Crippen LogP contribution in [0, 0.1) is 6.92 Å². The molecule has 2 atom stereocenters. The molecule has 1 aromatic carbocycles. The van der Waals surface area contributed by atoms with E-state index in [4.69, 9.17) is 31.7 Å². The van der Waals surface area contributed by atoms with Gasteiger partial charge in [0.15, 0.2) is 6.61 Å². The van der Waals surface area contributed by atoms with Crippen molar-refractivity contribution >= 4 is 17.6 Å². The van der Waals surface area contributed by atoms with Crippen molar-refractivity contribution in [3.05, 3.63) is 28.8 Å². The number of aryl methyl sites for hydroxylation is 1. The van der Waals surface area contributed by atoms with Crippen molar-refractivity contribution in [2.24, 2.45) is 0 Å². The number of benzene rings is 1. The van der Waals surface area contributed by atoms with Crippen molar-refractivity contribution in [1.82, 2.24) is 5.32 Å². The van der Waals surface area contributed by atoms with Crippen LogP contribution in [0.15, 0.2) is 18.2 Å². The summed E-state index contributed by atoms with van der Waals surface area (Å²) in [5.41, 5.74) is 0.828. The lowest BCUT2D eigenvalue weighted by Crippen LogP contribution is -2.30. The number of carboxylic acid groups (broad SMARTS) is 1. The highest BCUT2D eigenvalue weighted by atomic mass is 35.5. The van der Waals surface area contributed by atoms with E-state index in [1.54, 1.807) is 32.0 Å². The second-order valence-corrected chi connectivity index (χ2v) is 5.38. The number of halogens is 1. The molecule has 1 aromatic rings. The summed E-state index contributed by atoms with van der Waals surface area (Å²) in [6, 6.07) is 5.03. The van der Waals surface area contributed by atoms with Crippen LogP contribution in [0.1, 0.15) is 19.4 Å². The van der Waals surface area contributed by atoms with Crippen molar-refractivity contribution < 1.29 is 24.9 Å². The third-order valence-corrected chi connectivity index (χ3v) is 2.60. The third kappa shape index (κ3) is 11.3. The largest absolute Gasteiger partial charge is 0.482 e. The Balaban J connectivity index is 0.000000433. The fourth-order valence-corrected chi connectivity index (χ4v) is 1.64. The molecule has 0 aliphatic rings. The van der Waals surface area contributed by atoms with Gasteiger partial charge in [0, 0.05) is 18.1 Å². The van der Waals surface area contributed by atoms with Crippen molar-refractivity contribution in [2.75, 3.05) is 19.7 Å². The van der Waals surface area contributed by atoms with E-state index in [9.17, 15) is 4.79 Å². The zero-order valence-electron chi connectivity index (χ0n) is 13.0. The van der Waals surface area contributed by atoms with Crippen LogP contribution in [0.25, 0.3) is 0 Å². The average molecular weight is 334 g/mol. The Morgan fingerprint density at radius 2 is 1.82 bits per heavy atom. The Labute approximate surface area is 135 Å². The lowest BCUT2D eigenvalue weighted by Gasteiger charge is -2.07. The van der Waals surface area contributed by atoms with Gasteiger partial charge in [-0.1, -0.05) is 11.6 Å². The first-order valence-corrected chi connectivity index (χ1v) is 7.27. The topological polar surface area (TPSA) is 99.0 Å². The molecular weight excluding hydrogens is 310 g/mol. The molecule has 2 unspecified atom stereocenters. The zero-order valence-corrected chi connectivity index (χ0v) is 13.8. The molecule has 0 saturated carbocycles. The molecule has 0 amide bonds. The first kappa shape index (κ1) is 20.7. The van der Waals surface area contributed by atoms with Gasteiger partial charge in [0.1, 0.15) is 5.75 Å². The summed E-state index contributed by atoms with van der Waals surface area (Å²) in [4.78, 5) is 10.2. The van der Waals surface area contributed by atoms with Gasteiger partial charge >= 0.3 is 5.97 Å². The van der Waals surface area contributed by atoms with Crippen molar-refractivity contribution in [1.29, 1.82) is 0 Å².